The predicted octanol–water partition coefficient (Wildman–Crippen LogP) is 5.29. The Morgan fingerprint density at radius 1 is 1.02 bits per heavy atom. The number of amides is 1. The molecule has 1 amide bonds. The Kier molecular flexibility index (Phi) is 7.81. The summed E-state index contributed by atoms with van der Waals surface area (Å²) in [6.07, 6.45) is 2.91. The van der Waals surface area contributed by atoms with Crippen molar-refractivity contribution in [3.8, 4) is 11.3 Å². The smallest absolute Gasteiger partial charge is 0.410 e. The largest absolute Gasteiger partial charge is 0.471 e. The highest BCUT2D eigenvalue weighted by Crippen LogP contribution is 2.30. The molecule has 40 heavy (non-hydrogen) atoms. The van der Waals surface area contributed by atoms with Gasteiger partial charge in [-0.2, -0.15) is 0 Å². The number of nitrogens with zero attached hydrogens (tertiary/aromatic N) is 2. The summed E-state index contributed by atoms with van der Waals surface area (Å²) >= 11 is 0. The molecule has 2 aromatic carbocycles. The van der Waals surface area contributed by atoms with Crippen LogP contribution in [0.15, 0.2) is 93.6 Å². The number of rotatable bonds is 8. The monoisotopic (exact) mass is 589 g/mol. The maximum Gasteiger partial charge on any atom is 0.410 e. The van der Waals surface area contributed by atoms with Gasteiger partial charge < -0.3 is 14.1 Å². The van der Waals surface area contributed by atoms with Gasteiger partial charge in [-0.05, 0) is 68.8 Å². The van der Waals surface area contributed by atoms with Crippen LogP contribution in [0.5, 0.6) is 0 Å². The third kappa shape index (κ3) is 6.37. The minimum Gasteiger partial charge on any atom is -0.471 e. The molecule has 0 unspecified atom stereocenters. The maximum atomic E-state index is 14.8. The normalized spacial score (nSPS) is 12.2. The van der Waals surface area contributed by atoms with Crippen LogP contribution >= 0.6 is 0 Å². The number of benzene rings is 2. The second kappa shape index (κ2) is 10.8. The van der Waals surface area contributed by atoms with Crippen molar-refractivity contribution in [2.75, 3.05) is 11.8 Å². The van der Waals surface area contributed by atoms with Gasteiger partial charge in [-0.3, -0.25) is 4.72 Å². The van der Waals surface area contributed by atoms with E-state index in [1.807, 2.05) is 0 Å². The number of hydrogen-bond donors (Lipinski definition) is 1. The lowest BCUT2D eigenvalue weighted by atomic mass is 10.1. The van der Waals surface area contributed by atoms with Gasteiger partial charge in [-0.15, -0.1) is 0 Å². The lowest BCUT2D eigenvalue weighted by Crippen LogP contribution is -2.33. The molecule has 13 heteroatoms. The number of carbonyl (C=O) groups is 1. The molecule has 0 saturated carbocycles. The van der Waals surface area contributed by atoms with Gasteiger partial charge in [-0.25, -0.2) is 30.0 Å². The van der Waals surface area contributed by atoms with Crippen LogP contribution in [-0.4, -0.2) is 44.4 Å². The van der Waals surface area contributed by atoms with E-state index < -0.39 is 37.6 Å². The third-order valence-corrected chi connectivity index (χ3v) is 8.59. The molecule has 4 rings (SSSR count). The fourth-order valence-electron chi connectivity index (χ4n) is 3.78. The minimum absolute atomic E-state index is 0.00763. The summed E-state index contributed by atoms with van der Waals surface area (Å²) < 4.78 is 81.2. The van der Waals surface area contributed by atoms with Crippen LogP contribution < -0.4 is 4.72 Å². The van der Waals surface area contributed by atoms with E-state index in [2.05, 4.69) is 4.72 Å². The standard InChI is InChI=1S/C27H28FN3O7S2/c1-27(2,3)38-26(32)30(4)16-19-14-25(23-10-5-6-11-24(23)28)31(17-19)40(35,36)21-9-7-8-20(15-21)29-39(33,34)22-12-13-37-18-22/h5-15,17-18,29H,16H2,1-4H3. The van der Waals surface area contributed by atoms with Gasteiger partial charge in [-0.1, -0.05) is 18.2 Å². The van der Waals surface area contributed by atoms with Gasteiger partial charge in [0.05, 0.1) is 29.1 Å². The first-order valence-corrected chi connectivity index (χ1v) is 14.9. The van der Waals surface area contributed by atoms with Crippen LogP contribution in [0.3, 0.4) is 0 Å². The Labute approximate surface area is 232 Å². The van der Waals surface area contributed by atoms with Crippen molar-refractivity contribution < 1.29 is 35.2 Å². The molecule has 0 aliphatic carbocycles. The topological polar surface area (TPSA) is 128 Å². The minimum atomic E-state index is -4.37. The zero-order chi connectivity index (χ0) is 29.3. The number of aromatic nitrogens is 1. The number of sulfonamides is 1. The molecular weight excluding hydrogens is 561 g/mol. The van der Waals surface area contributed by atoms with Crippen LogP contribution in [0, 0.1) is 5.82 Å². The summed E-state index contributed by atoms with van der Waals surface area (Å²) in [5.74, 6) is -0.647. The summed E-state index contributed by atoms with van der Waals surface area (Å²) in [7, 11) is -6.90. The second-order valence-corrected chi connectivity index (χ2v) is 13.4. The highest BCUT2D eigenvalue weighted by molar-refractivity contribution is 7.92. The Morgan fingerprint density at radius 2 is 1.75 bits per heavy atom. The SMILES string of the molecule is CN(Cc1cc(-c2ccccc2F)n(S(=O)(=O)c2cccc(NS(=O)(=O)c3ccoc3)c2)c1)C(=O)OC(C)(C)C. The van der Waals surface area contributed by atoms with E-state index in [9.17, 15) is 26.0 Å². The quantitative estimate of drug-likeness (QED) is 0.296. The predicted molar refractivity (Wildman–Crippen MR) is 146 cm³/mol. The van der Waals surface area contributed by atoms with E-state index in [1.54, 1.807) is 26.8 Å². The van der Waals surface area contributed by atoms with Gasteiger partial charge >= 0.3 is 6.09 Å². The molecule has 0 radical (unpaired) electrons. The van der Waals surface area contributed by atoms with E-state index >= 15 is 0 Å². The summed E-state index contributed by atoms with van der Waals surface area (Å²) in [6.45, 7) is 5.15. The lowest BCUT2D eigenvalue weighted by Gasteiger charge is -2.24. The number of hydrogen-bond acceptors (Lipinski definition) is 7. The maximum absolute atomic E-state index is 14.8. The molecule has 0 atom stereocenters. The van der Waals surface area contributed by atoms with Crippen molar-refractivity contribution in [1.29, 1.82) is 0 Å². The molecular formula is C27H28FN3O7S2. The average molecular weight is 590 g/mol. The van der Waals surface area contributed by atoms with Crippen LogP contribution in [-0.2, 0) is 31.3 Å². The highest BCUT2D eigenvalue weighted by atomic mass is 32.2. The Balaban J connectivity index is 1.74. The average Bonchev–Trinajstić information content (AvgIpc) is 3.55. The zero-order valence-electron chi connectivity index (χ0n) is 22.2. The molecule has 0 saturated heterocycles. The van der Waals surface area contributed by atoms with Crippen molar-refractivity contribution in [3.05, 3.63) is 90.8 Å². The molecule has 2 heterocycles. The van der Waals surface area contributed by atoms with Crippen LogP contribution in [0.4, 0.5) is 14.9 Å². The van der Waals surface area contributed by atoms with E-state index in [4.69, 9.17) is 9.15 Å². The highest BCUT2D eigenvalue weighted by Gasteiger charge is 2.26. The molecule has 0 aliphatic rings. The third-order valence-electron chi connectivity index (χ3n) is 5.57. The van der Waals surface area contributed by atoms with Gasteiger partial charge in [0.1, 0.15) is 22.6 Å². The molecule has 0 aliphatic heterocycles. The first-order chi connectivity index (χ1) is 18.7. The van der Waals surface area contributed by atoms with Crippen molar-refractivity contribution in [1.82, 2.24) is 8.87 Å². The fourth-order valence-corrected chi connectivity index (χ4v) is 6.19. The summed E-state index contributed by atoms with van der Waals surface area (Å²) in [4.78, 5) is 13.4. The Bertz CT molecular complexity index is 1740. The molecule has 10 nitrogen and oxygen atoms in total. The Hall–Kier alpha value is -4.10. The van der Waals surface area contributed by atoms with Gasteiger partial charge in [0.15, 0.2) is 0 Å². The molecule has 0 spiro atoms. The van der Waals surface area contributed by atoms with Crippen molar-refractivity contribution in [2.24, 2.45) is 0 Å². The first-order valence-electron chi connectivity index (χ1n) is 12.0. The van der Waals surface area contributed by atoms with Crippen LogP contribution in [0.1, 0.15) is 26.3 Å². The van der Waals surface area contributed by atoms with E-state index in [0.29, 0.717) is 5.56 Å². The van der Waals surface area contributed by atoms with Gasteiger partial charge in [0.25, 0.3) is 20.0 Å². The van der Waals surface area contributed by atoms with E-state index in [-0.39, 0.29) is 33.3 Å². The molecule has 0 fully saturated rings. The molecule has 212 valence electrons. The van der Waals surface area contributed by atoms with E-state index in [1.165, 1.54) is 72.9 Å². The fraction of sp³-hybridized carbons (Fsp3) is 0.222. The van der Waals surface area contributed by atoms with Crippen LogP contribution in [0.25, 0.3) is 11.3 Å². The van der Waals surface area contributed by atoms with Gasteiger partial charge in [0, 0.05) is 18.8 Å². The number of nitrogens with one attached hydrogen (secondary N) is 1. The number of furan rings is 1. The number of ether oxygens (including phenoxy) is 1. The summed E-state index contributed by atoms with van der Waals surface area (Å²) in [5, 5.41) is 0. The zero-order valence-corrected chi connectivity index (χ0v) is 23.8. The van der Waals surface area contributed by atoms with Crippen LogP contribution in [0.2, 0.25) is 0 Å². The molecule has 0 bridgehead atoms. The van der Waals surface area contributed by atoms with Crippen molar-refractivity contribution in [2.45, 2.75) is 42.7 Å². The Morgan fingerprint density at radius 3 is 2.40 bits per heavy atom. The summed E-state index contributed by atoms with van der Waals surface area (Å²) in [6, 6.07) is 13.6. The number of anilines is 1. The first kappa shape index (κ1) is 28.9. The van der Waals surface area contributed by atoms with E-state index in [0.717, 1.165) is 16.3 Å². The lowest BCUT2D eigenvalue weighted by molar-refractivity contribution is 0.0285. The molecule has 4 aromatic rings. The van der Waals surface area contributed by atoms with Gasteiger partial charge in [0.2, 0.25) is 0 Å². The van der Waals surface area contributed by atoms with Crippen molar-refractivity contribution >= 4 is 31.8 Å². The molecule has 2 aromatic heterocycles. The second-order valence-electron chi connectivity index (χ2n) is 9.94. The van der Waals surface area contributed by atoms with Crippen molar-refractivity contribution in [3.63, 3.8) is 0 Å². The number of carbonyl (C=O) groups excluding carboxylic acids is 1. The molecule has 1 N–H and O–H groups in total. The summed E-state index contributed by atoms with van der Waals surface area (Å²) in [5.41, 5.74) is -0.300. The number of halogens is 1.